The average Bonchev–Trinajstić information content (AvgIpc) is 3.24. The monoisotopic (exact) mass is 406 g/mol. The molecule has 4 atom stereocenters. The number of hydrogen-bond acceptors (Lipinski definition) is 4. The summed E-state index contributed by atoms with van der Waals surface area (Å²) in [5, 5.41) is 1.61. The molecule has 1 heterocycles. The minimum atomic E-state index is -0.593. The standard InChI is InChI=1S/C19H16Cl2N2O4/c20-9-1-4-13(12(21)7-9)27-8-14(24)22-23-17(25)15-10-2-3-11(16(15)18(23)26)19(10)5-6-19/h1-4,7,10-11,15-16H,5-6,8H2,(H,22,24)/t10-,11-,15+,16+/m1/s1. The lowest BCUT2D eigenvalue weighted by Crippen LogP contribution is -2.49. The van der Waals surface area contributed by atoms with Gasteiger partial charge in [-0.15, -0.1) is 0 Å². The third-order valence-electron chi connectivity index (χ3n) is 6.34. The molecular weight excluding hydrogens is 391 g/mol. The van der Waals surface area contributed by atoms with Gasteiger partial charge < -0.3 is 4.74 Å². The van der Waals surface area contributed by atoms with E-state index in [1.807, 2.05) is 0 Å². The number of carbonyl (C=O) groups excluding carboxylic acids is 3. The van der Waals surface area contributed by atoms with Gasteiger partial charge in [-0.1, -0.05) is 35.4 Å². The number of hydrogen-bond donors (Lipinski definition) is 1. The van der Waals surface area contributed by atoms with Gasteiger partial charge in [0.05, 0.1) is 16.9 Å². The fourth-order valence-electron chi connectivity index (χ4n) is 5.08. The molecule has 1 aliphatic heterocycles. The first-order chi connectivity index (χ1) is 12.9. The fourth-order valence-corrected chi connectivity index (χ4v) is 5.54. The SMILES string of the molecule is O=C(COc1ccc(Cl)cc1Cl)NN1C(=O)[C@@H]2[C@@H](C1=O)[C@H]1C=C[C@H]2C12CC2. The second-order valence-corrected chi connectivity index (χ2v) is 8.48. The van der Waals surface area contributed by atoms with E-state index in [-0.39, 0.29) is 52.5 Å². The highest BCUT2D eigenvalue weighted by Gasteiger charge is 2.73. The Labute approximate surface area is 165 Å². The van der Waals surface area contributed by atoms with Gasteiger partial charge in [0.15, 0.2) is 6.61 Å². The Morgan fingerprint density at radius 3 is 2.33 bits per heavy atom. The van der Waals surface area contributed by atoms with E-state index in [0.717, 1.165) is 17.9 Å². The van der Waals surface area contributed by atoms with Gasteiger partial charge >= 0.3 is 0 Å². The van der Waals surface area contributed by atoms with E-state index in [0.29, 0.717) is 10.8 Å². The van der Waals surface area contributed by atoms with Crippen molar-refractivity contribution in [2.75, 3.05) is 6.61 Å². The summed E-state index contributed by atoms with van der Waals surface area (Å²) in [5.41, 5.74) is 2.53. The number of allylic oxidation sites excluding steroid dienone is 2. The van der Waals surface area contributed by atoms with Crippen LogP contribution < -0.4 is 10.2 Å². The van der Waals surface area contributed by atoms with Crippen molar-refractivity contribution < 1.29 is 19.1 Å². The van der Waals surface area contributed by atoms with Gasteiger partial charge in [0, 0.05) is 5.02 Å². The first kappa shape index (κ1) is 17.1. The Balaban J connectivity index is 1.25. The van der Waals surface area contributed by atoms with E-state index in [1.165, 1.54) is 6.07 Å². The molecule has 4 aliphatic rings. The topological polar surface area (TPSA) is 75.7 Å². The molecule has 1 aromatic carbocycles. The molecule has 2 saturated carbocycles. The molecule has 0 aromatic heterocycles. The Morgan fingerprint density at radius 1 is 1.15 bits per heavy atom. The number of amides is 3. The van der Waals surface area contributed by atoms with E-state index in [9.17, 15) is 14.4 Å². The van der Waals surface area contributed by atoms with E-state index in [2.05, 4.69) is 17.6 Å². The Bertz CT molecular complexity index is 877. The van der Waals surface area contributed by atoms with Crippen LogP contribution in [0, 0.1) is 29.1 Å². The summed E-state index contributed by atoms with van der Waals surface area (Å²) in [6.07, 6.45) is 6.32. The van der Waals surface area contributed by atoms with Gasteiger partial charge in [0.1, 0.15) is 5.75 Å². The number of benzene rings is 1. The zero-order chi connectivity index (χ0) is 18.9. The molecule has 0 radical (unpaired) electrons. The van der Waals surface area contributed by atoms with Crippen molar-refractivity contribution in [3.8, 4) is 5.75 Å². The van der Waals surface area contributed by atoms with Crippen molar-refractivity contribution in [3.63, 3.8) is 0 Å². The molecule has 0 unspecified atom stereocenters. The van der Waals surface area contributed by atoms with Gasteiger partial charge in [-0.05, 0) is 48.3 Å². The second kappa shape index (κ2) is 5.72. The molecule has 1 saturated heterocycles. The number of hydrazine groups is 1. The van der Waals surface area contributed by atoms with Gasteiger partial charge in [-0.2, -0.15) is 5.01 Å². The lowest BCUT2D eigenvalue weighted by atomic mass is 9.85. The molecule has 3 amide bonds. The van der Waals surface area contributed by atoms with Crippen molar-refractivity contribution in [1.29, 1.82) is 0 Å². The zero-order valence-electron chi connectivity index (χ0n) is 14.2. The Hall–Kier alpha value is -2.05. The molecule has 3 aliphatic carbocycles. The molecule has 1 N–H and O–H groups in total. The van der Waals surface area contributed by atoms with Crippen LogP contribution >= 0.6 is 23.2 Å². The van der Waals surface area contributed by atoms with Crippen LogP contribution in [0.1, 0.15) is 12.8 Å². The molecule has 2 bridgehead atoms. The number of fused-ring (bicyclic) bond motifs is 3. The summed E-state index contributed by atoms with van der Waals surface area (Å²) in [4.78, 5) is 37.8. The molecule has 5 rings (SSSR count). The lowest BCUT2D eigenvalue weighted by molar-refractivity contribution is -0.150. The van der Waals surface area contributed by atoms with Crippen LogP contribution in [0.3, 0.4) is 0 Å². The zero-order valence-corrected chi connectivity index (χ0v) is 15.7. The van der Waals surface area contributed by atoms with Crippen molar-refractivity contribution in [3.05, 3.63) is 40.4 Å². The van der Waals surface area contributed by atoms with E-state index in [4.69, 9.17) is 27.9 Å². The van der Waals surface area contributed by atoms with Gasteiger partial charge in [-0.3, -0.25) is 19.8 Å². The minimum Gasteiger partial charge on any atom is -0.482 e. The molecular formula is C19H16Cl2N2O4. The third kappa shape index (κ3) is 2.36. The maximum absolute atomic E-state index is 12.8. The van der Waals surface area contributed by atoms with Crippen LogP contribution in [0.2, 0.25) is 10.0 Å². The fraction of sp³-hybridized carbons (Fsp3) is 0.421. The van der Waals surface area contributed by atoms with E-state index < -0.39 is 5.91 Å². The summed E-state index contributed by atoms with van der Waals surface area (Å²) in [5.74, 6) is -1.37. The summed E-state index contributed by atoms with van der Waals surface area (Å²) >= 11 is 11.8. The quantitative estimate of drug-likeness (QED) is 0.615. The first-order valence-corrected chi connectivity index (χ1v) is 9.61. The highest BCUT2D eigenvalue weighted by molar-refractivity contribution is 6.35. The largest absolute Gasteiger partial charge is 0.482 e. The first-order valence-electron chi connectivity index (χ1n) is 8.86. The lowest BCUT2D eigenvalue weighted by Gasteiger charge is -2.22. The van der Waals surface area contributed by atoms with Crippen LogP contribution in [-0.2, 0) is 14.4 Å². The van der Waals surface area contributed by atoms with E-state index in [1.54, 1.807) is 12.1 Å². The van der Waals surface area contributed by atoms with Crippen LogP contribution in [0.15, 0.2) is 30.4 Å². The molecule has 27 heavy (non-hydrogen) atoms. The average molecular weight is 407 g/mol. The summed E-state index contributed by atoms with van der Waals surface area (Å²) in [7, 11) is 0. The van der Waals surface area contributed by atoms with Gasteiger partial charge in [0.25, 0.3) is 17.7 Å². The summed E-state index contributed by atoms with van der Waals surface area (Å²) in [6, 6.07) is 4.64. The normalized spacial score (nSPS) is 31.6. The van der Waals surface area contributed by atoms with Crippen molar-refractivity contribution in [1.82, 2.24) is 10.4 Å². The Kier molecular flexibility index (Phi) is 3.62. The van der Waals surface area contributed by atoms with Crippen LogP contribution in [-0.4, -0.2) is 29.3 Å². The van der Waals surface area contributed by atoms with Gasteiger partial charge in [-0.25, -0.2) is 0 Å². The number of ether oxygens (including phenoxy) is 1. The molecule has 6 nitrogen and oxygen atoms in total. The van der Waals surface area contributed by atoms with Crippen LogP contribution in [0.25, 0.3) is 0 Å². The predicted molar refractivity (Wildman–Crippen MR) is 96.7 cm³/mol. The van der Waals surface area contributed by atoms with Crippen LogP contribution in [0.4, 0.5) is 0 Å². The molecule has 1 aromatic rings. The summed E-state index contributed by atoms with van der Waals surface area (Å²) < 4.78 is 5.36. The van der Waals surface area contributed by atoms with Gasteiger partial charge in [0.2, 0.25) is 0 Å². The predicted octanol–water partition coefficient (Wildman–Crippen LogP) is 2.60. The Morgan fingerprint density at radius 2 is 1.78 bits per heavy atom. The highest BCUT2D eigenvalue weighted by Crippen LogP contribution is 2.73. The number of rotatable bonds is 4. The maximum Gasteiger partial charge on any atom is 0.276 e. The summed E-state index contributed by atoms with van der Waals surface area (Å²) in [6.45, 7) is -0.372. The van der Waals surface area contributed by atoms with E-state index >= 15 is 0 Å². The molecule has 1 spiro atoms. The van der Waals surface area contributed by atoms with Crippen molar-refractivity contribution in [2.45, 2.75) is 12.8 Å². The smallest absolute Gasteiger partial charge is 0.276 e. The molecule has 8 heteroatoms. The highest BCUT2D eigenvalue weighted by atomic mass is 35.5. The maximum atomic E-state index is 12.8. The second-order valence-electron chi connectivity index (χ2n) is 7.63. The van der Waals surface area contributed by atoms with Crippen LogP contribution in [0.5, 0.6) is 5.75 Å². The number of imide groups is 1. The third-order valence-corrected chi connectivity index (χ3v) is 6.87. The van der Waals surface area contributed by atoms with Crippen molar-refractivity contribution in [2.24, 2.45) is 29.1 Å². The van der Waals surface area contributed by atoms with Crippen molar-refractivity contribution >= 4 is 40.9 Å². The number of halogens is 2. The molecule has 140 valence electrons. The number of carbonyl (C=O) groups is 3. The molecule has 3 fully saturated rings. The minimum absolute atomic E-state index is 0.120. The number of nitrogens with zero attached hydrogens (tertiary/aromatic N) is 1. The number of nitrogens with one attached hydrogen (secondary N) is 1.